The van der Waals surface area contributed by atoms with Crippen molar-refractivity contribution in [3.8, 4) is 22.6 Å². The van der Waals surface area contributed by atoms with Crippen molar-refractivity contribution >= 4 is 11.6 Å². The molecule has 2 saturated heterocycles. The van der Waals surface area contributed by atoms with Gasteiger partial charge in [0, 0.05) is 50.1 Å². The zero-order valence-electron chi connectivity index (χ0n) is 18.0. The zero-order chi connectivity index (χ0) is 21.8. The molecule has 2 aliphatic heterocycles. The molecule has 3 atom stereocenters. The first kappa shape index (κ1) is 21.6. The van der Waals surface area contributed by atoms with E-state index < -0.39 is 6.10 Å². The van der Waals surface area contributed by atoms with Crippen molar-refractivity contribution in [3.05, 3.63) is 42.5 Å². The van der Waals surface area contributed by atoms with Gasteiger partial charge in [0.15, 0.2) is 0 Å². The molecule has 166 valence electrons. The van der Waals surface area contributed by atoms with Crippen molar-refractivity contribution in [2.45, 2.75) is 13.0 Å². The van der Waals surface area contributed by atoms with Gasteiger partial charge < -0.3 is 24.6 Å². The number of aliphatic hydroxyl groups is 1. The van der Waals surface area contributed by atoms with E-state index in [0.29, 0.717) is 29.9 Å². The van der Waals surface area contributed by atoms with E-state index in [1.165, 1.54) is 6.92 Å². The van der Waals surface area contributed by atoms with Gasteiger partial charge in [-0.1, -0.05) is 12.1 Å². The molecule has 1 amide bonds. The molecule has 0 aromatic heterocycles. The first-order valence-corrected chi connectivity index (χ1v) is 10.7. The number of anilines is 1. The zero-order valence-corrected chi connectivity index (χ0v) is 18.0. The van der Waals surface area contributed by atoms with Crippen molar-refractivity contribution in [1.82, 2.24) is 4.90 Å². The minimum Gasteiger partial charge on any atom is -0.497 e. The Morgan fingerprint density at radius 3 is 2.61 bits per heavy atom. The third-order valence-corrected chi connectivity index (χ3v) is 5.86. The normalized spacial score (nSPS) is 21.5. The van der Waals surface area contributed by atoms with Crippen LogP contribution < -0.4 is 14.8 Å². The molecule has 0 bridgehead atoms. The van der Waals surface area contributed by atoms with E-state index in [0.717, 1.165) is 43.1 Å². The summed E-state index contributed by atoms with van der Waals surface area (Å²) in [6, 6.07) is 13.3. The van der Waals surface area contributed by atoms with Crippen LogP contribution in [0.2, 0.25) is 0 Å². The molecule has 0 aliphatic carbocycles. The fourth-order valence-corrected chi connectivity index (χ4v) is 4.40. The van der Waals surface area contributed by atoms with Crippen LogP contribution in [0, 0.1) is 11.8 Å². The van der Waals surface area contributed by atoms with Crippen molar-refractivity contribution < 1.29 is 24.1 Å². The summed E-state index contributed by atoms with van der Waals surface area (Å²) in [6.45, 7) is 5.93. The fourth-order valence-electron chi connectivity index (χ4n) is 4.40. The second-order valence-corrected chi connectivity index (χ2v) is 8.40. The molecular weight excluding hydrogens is 396 g/mol. The lowest BCUT2D eigenvalue weighted by molar-refractivity contribution is -0.114. The van der Waals surface area contributed by atoms with Crippen LogP contribution in [0.25, 0.3) is 11.1 Å². The summed E-state index contributed by atoms with van der Waals surface area (Å²) in [4.78, 5) is 13.7. The summed E-state index contributed by atoms with van der Waals surface area (Å²) in [7, 11) is 1.61. The molecule has 7 heteroatoms. The van der Waals surface area contributed by atoms with Gasteiger partial charge in [-0.15, -0.1) is 0 Å². The largest absolute Gasteiger partial charge is 0.497 e. The van der Waals surface area contributed by atoms with E-state index in [2.05, 4.69) is 10.2 Å². The highest BCUT2D eigenvalue weighted by Crippen LogP contribution is 2.32. The van der Waals surface area contributed by atoms with Gasteiger partial charge in [-0.05, 0) is 35.4 Å². The average Bonchev–Trinajstić information content (AvgIpc) is 3.33. The monoisotopic (exact) mass is 426 g/mol. The van der Waals surface area contributed by atoms with Gasteiger partial charge in [0.2, 0.25) is 5.91 Å². The van der Waals surface area contributed by atoms with Crippen LogP contribution in [-0.4, -0.2) is 68.6 Å². The second-order valence-electron chi connectivity index (χ2n) is 8.40. The highest BCUT2D eigenvalue weighted by molar-refractivity contribution is 5.89. The molecule has 1 unspecified atom stereocenters. The third-order valence-electron chi connectivity index (χ3n) is 5.86. The Morgan fingerprint density at radius 2 is 1.90 bits per heavy atom. The number of ether oxygens (including phenoxy) is 3. The van der Waals surface area contributed by atoms with Gasteiger partial charge in [0.05, 0.1) is 20.3 Å². The number of hydrogen-bond donors (Lipinski definition) is 2. The quantitative estimate of drug-likeness (QED) is 0.676. The molecular formula is C24H30N2O5. The minimum absolute atomic E-state index is 0.116. The summed E-state index contributed by atoms with van der Waals surface area (Å²) in [5, 5.41) is 13.3. The maximum absolute atomic E-state index is 11.4. The Bertz CT molecular complexity index is 907. The van der Waals surface area contributed by atoms with Crippen LogP contribution in [-0.2, 0) is 9.53 Å². The standard InChI is InChI=1S/C24H30N2O5/c1-16(27)25-21-5-3-4-17(6-21)18-7-23(29-2)9-24(8-18)31-15-22(28)12-26-10-19-13-30-14-20(19)11-26/h3-9,19-20,22,28H,10-15H2,1-2H3,(H,25,27)/t19-,20+,22?. The SMILES string of the molecule is COc1cc(OCC(O)CN2C[C@H]3COC[C@H]3C2)cc(-c2cccc(NC(C)=O)c2)c1. The lowest BCUT2D eigenvalue weighted by Crippen LogP contribution is -2.35. The predicted octanol–water partition coefficient (Wildman–Crippen LogP) is 2.64. The number of methoxy groups -OCH3 is 1. The van der Waals surface area contributed by atoms with Crippen LogP contribution in [0.5, 0.6) is 11.5 Å². The summed E-state index contributed by atoms with van der Waals surface area (Å²) >= 11 is 0. The first-order valence-electron chi connectivity index (χ1n) is 10.7. The van der Waals surface area contributed by atoms with Gasteiger partial charge in [-0.25, -0.2) is 0 Å². The number of rotatable bonds is 8. The molecule has 0 radical (unpaired) electrons. The topological polar surface area (TPSA) is 80.3 Å². The molecule has 2 aliphatic rings. The van der Waals surface area contributed by atoms with Crippen molar-refractivity contribution in [3.63, 3.8) is 0 Å². The lowest BCUT2D eigenvalue weighted by atomic mass is 10.0. The molecule has 0 saturated carbocycles. The Morgan fingerprint density at radius 1 is 1.16 bits per heavy atom. The molecule has 2 fully saturated rings. The van der Waals surface area contributed by atoms with Gasteiger partial charge in [0.1, 0.15) is 24.2 Å². The molecule has 2 aromatic carbocycles. The maximum Gasteiger partial charge on any atom is 0.221 e. The van der Waals surface area contributed by atoms with Crippen LogP contribution >= 0.6 is 0 Å². The molecule has 2 aromatic rings. The number of carbonyl (C=O) groups is 1. The number of β-amino-alcohol motifs (C(OH)–C–C–N with tert-alkyl or cyclic N) is 1. The molecule has 2 heterocycles. The maximum atomic E-state index is 11.4. The number of aliphatic hydroxyl groups excluding tert-OH is 1. The highest BCUT2D eigenvalue weighted by Gasteiger charge is 2.37. The van der Waals surface area contributed by atoms with Crippen LogP contribution in [0.1, 0.15) is 6.92 Å². The average molecular weight is 427 g/mol. The van der Waals surface area contributed by atoms with Crippen molar-refractivity contribution in [1.29, 1.82) is 0 Å². The van der Waals surface area contributed by atoms with E-state index in [-0.39, 0.29) is 12.5 Å². The summed E-state index contributed by atoms with van der Waals surface area (Å²) in [5.74, 6) is 2.38. The van der Waals surface area contributed by atoms with Gasteiger partial charge >= 0.3 is 0 Å². The van der Waals surface area contributed by atoms with Crippen LogP contribution in [0.15, 0.2) is 42.5 Å². The number of nitrogens with zero attached hydrogens (tertiary/aromatic N) is 1. The number of nitrogens with one attached hydrogen (secondary N) is 1. The number of fused-ring (bicyclic) bond motifs is 1. The Hall–Kier alpha value is -2.61. The Labute approximate surface area is 182 Å². The summed E-state index contributed by atoms with van der Waals surface area (Å²) < 4.78 is 16.9. The Kier molecular flexibility index (Phi) is 6.75. The van der Waals surface area contributed by atoms with Crippen molar-refractivity contribution in [2.75, 3.05) is 51.9 Å². The lowest BCUT2D eigenvalue weighted by Gasteiger charge is -2.21. The predicted molar refractivity (Wildman–Crippen MR) is 118 cm³/mol. The van der Waals surface area contributed by atoms with E-state index in [9.17, 15) is 9.90 Å². The first-order chi connectivity index (χ1) is 15.0. The third kappa shape index (κ3) is 5.55. The smallest absolute Gasteiger partial charge is 0.221 e. The summed E-state index contributed by atoms with van der Waals surface area (Å²) in [6.07, 6.45) is -0.572. The van der Waals surface area contributed by atoms with Gasteiger partial charge in [-0.2, -0.15) is 0 Å². The number of likely N-dealkylation sites (tertiary alicyclic amines) is 1. The molecule has 0 spiro atoms. The number of carbonyl (C=O) groups excluding carboxylic acids is 1. The minimum atomic E-state index is -0.572. The van der Waals surface area contributed by atoms with E-state index in [1.54, 1.807) is 7.11 Å². The molecule has 31 heavy (non-hydrogen) atoms. The number of amides is 1. The molecule has 2 N–H and O–H groups in total. The van der Waals surface area contributed by atoms with E-state index in [1.807, 2.05) is 42.5 Å². The molecule has 4 rings (SSSR count). The van der Waals surface area contributed by atoms with E-state index >= 15 is 0 Å². The number of hydrogen-bond acceptors (Lipinski definition) is 6. The van der Waals surface area contributed by atoms with Crippen LogP contribution in [0.3, 0.4) is 0 Å². The number of benzene rings is 2. The highest BCUT2D eigenvalue weighted by atomic mass is 16.5. The van der Waals surface area contributed by atoms with Crippen LogP contribution in [0.4, 0.5) is 5.69 Å². The van der Waals surface area contributed by atoms with Gasteiger partial charge in [-0.3, -0.25) is 9.69 Å². The van der Waals surface area contributed by atoms with Gasteiger partial charge in [0.25, 0.3) is 0 Å². The summed E-state index contributed by atoms with van der Waals surface area (Å²) in [5.41, 5.74) is 2.57. The van der Waals surface area contributed by atoms with Crippen molar-refractivity contribution in [2.24, 2.45) is 11.8 Å². The second kappa shape index (κ2) is 9.68. The molecule has 7 nitrogen and oxygen atoms in total. The fraction of sp³-hybridized carbons (Fsp3) is 0.458. The van der Waals surface area contributed by atoms with E-state index in [4.69, 9.17) is 14.2 Å². The Balaban J connectivity index is 1.40.